The summed E-state index contributed by atoms with van der Waals surface area (Å²) in [6, 6.07) is 5.38. The van der Waals surface area contributed by atoms with Crippen LogP contribution in [0.15, 0.2) is 23.0 Å². The van der Waals surface area contributed by atoms with E-state index >= 15 is 0 Å². The lowest BCUT2D eigenvalue weighted by atomic mass is 9.83. The SMILES string of the molecule is CC(C)(C)C(=O)NC(N1CC2C[C@H](C1)Cn1c2cccc1=O)C(Cl)(Cl)Cl. The monoisotopic (exact) mass is 419 g/mol. The van der Waals surface area contributed by atoms with Crippen LogP contribution in [0.4, 0.5) is 0 Å². The lowest BCUT2D eigenvalue weighted by Gasteiger charge is -2.47. The summed E-state index contributed by atoms with van der Waals surface area (Å²) in [6.07, 6.45) is 0.284. The molecule has 3 heterocycles. The molecule has 0 radical (unpaired) electrons. The van der Waals surface area contributed by atoms with Crippen LogP contribution in [0, 0.1) is 11.3 Å². The van der Waals surface area contributed by atoms with E-state index in [0.29, 0.717) is 19.6 Å². The second-order valence-electron chi connectivity index (χ2n) is 8.32. The number of likely N-dealkylation sites (tertiary alicyclic amines) is 1. The molecular weight excluding hydrogens is 397 g/mol. The van der Waals surface area contributed by atoms with E-state index in [1.165, 1.54) is 0 Å². The Bertz CT molecular complexity index is 751. The highest BCUT2D eigenvalue weighted by molar-refractivity contribution is 6.68. The fourth-order valence-electron chi connectivity index (χ4n) is 3.87. The molecule has 0 saturated carbocycles. The largest absolute Gasteiger partial charge is 0.336 e. The minimum Gasteiger partial charge on any atom is -0.336 e. The van der Waals surface area contributed by atoms with Crippen molar-refractivity contribution in [2.75, 3.05) is 13.1 Å². The number of fused-ring (bicyclic) bond motifs is 4. The van der Waals surface area contributed by atoms with Crippen molar-refractivity contribution >= 4 is 40.7 Å². The number of halogens is 3. The first kappa shape index (κ1) is 20.0. The molecule has 0 aromatic carbocycles. The Hall–Kier alpha value is -0.750. The summed E-state index contributed by atoms with van der Waals surface area (Å²) in [6.45, 7) is 7.42. The minimum absolute atomic E-state index is 0.0320. The zero-order chi connectivity index (χ0) is 19.3. The van der Waals surface area contributed by atoms with Gasteiger partial charge in [0.25, 0.3) is 5.56 Å². The molecule has 144 valence electrons. The van der Waals surface area contributed by atoms with E-state index in [4.69, 9.17) is 34.8 Å². The molecule has 2 unspecified atom stereocenters. The minimum atomic E-state index is -1.65. The zero-order valence-corrected chi connectivity index (χ0v) is 17.4. The standard InChI is InChI=1S/C18H24Cl3N3O2/c1-17(2,3)16(26)22-15(18(19,20)21)23-8-11-7-12(10-23)13-5-4-6-14(25)24(13)9-11/h4-6,11-12,15H,7-10H2,1-3H3,(H,22,26)/t11-,12?,15?/m1/s1. The number of pyridine rings is 1. The van der Waals surface area contributed by atoms with E-state index in [1.54, 1.807) is 12.1 Å². The fraction of sp³-hybridized carbons (Fsp3) is 0.667. The van der Waals surface area contributed by atoms with E-state index in [0.717, 1.165) is 12.1 Å². The van der Waals surface area contributed by atoms with Gasteiger partial charge in [-0.15, -0.1) is 0 Å². The third-order valence-corrected chi connectivity index (χ3v) is 5.75. The zero-order valence-electron chi connectivity index (χ0n) is 15.1. The van der Waals surface area contributed by atoms with Gasteiger partial charge in [-0.3, -0.25) is 14.5 Å². The first-order chi connectivity index (χ1) is 12.0. The van der Waals surface area contributed by atoms with Crippen molar-refractivity contribution in [1.29, 1.82) is 0 Å². The highest BCUT2D eigenvalue weighted by Gasteiger charge is 2.45. The van der Waals surface area contributed by atoms with Crippen molar-refractivity contribution in [3.8, 4) is 0 Å². The number of nitrogens with one attached hydrogen (secondary N) is 1. The third-order valence-electron chi connectivity index (χ3n) is 5.13. The molecule has 0 aliphatic carbocycles. The second-order valence-corrected chi connectivity index (χ2v) is 10.7. The van der Waals surface area contributed by atoms with Crippen LogP contribution >= 0.6 is 34.8 Å². The van der Waals surface area contributed by atoms with Gasteiger partial charge in [0.2, 0.25) is 9.70 Å². The molecule has 2 aliphatic rings. The summed E-state index contributed by atoms with van der Waals surface area (Å²) in [5.74, 6) is 0.293. The van der Waals surface area contributed by atoms with Crippen LogP contribution in [0.2, 0.25) is 0 Å². The van der Waals surface area contributed by atoms with Gasteiger partial charge in [0.1, 0.15) is 6.17 Å². The van der Waals surface area contributed by atoms with Crippen molar-refractivity contribution in [1.82, 2.24) is 14.8 Å². The molecule has 1 N–H and O–H groups in total. The number of piperidine rings is 1. The maximum Gasteiger partial charge on any atom is 0.250 e. The molecule has 3 atom stereocenters. The van der Waals surface area contributed by atoms with Crippen molar-refractivity contribution in [3.63, 3.8) is 0 Å². The van der Waals surface area contributed by atoms with Crippen LogP contribution in [0.25, 0.3) is 0 Å². The van der Waals surface area contributed by atoms with Gasteiger partial charge < -0.3 is 9.88 Å². The molecule has 1 fully saturated rings. The summed E-state index contributed by atoms with van der Waals surface area (Å²) in [4.78, 5) is 26.7. The molecular formula is C18H24Cl3N3O2. The number of nitrogens with zero attached hydrogens (tertiary/aromatic N) is 2. The second kappa shape index (κ2) is 7.01. The van der Waals surface area contributed by atoms with E-state index in [-0.39, 0.29) is 23.3 Å². The highest BCUT2D eigenvalue weighted by Crippen LogP contribution is 2.40. The van der Waals surface area contributed by atoms with E-state index in [1.807, 2.05) is 36.3 Å². The smallest absolute Gasteiger partial charge is 0.250 e. The van der Waals surface area contributed by atoms with Crippen molar-refractivity contribution in [2.24, 2.45) is 11.3 Å². The highest BCUT2D eigenvalue weighted by atomic mass is 35.6. The Morgan fingerprint density at radius 1 is 1.19 bits per heavy atom. The number of aromatic nitrogens is 1. The summed E-state index contributed by atoms with van der Waals surface area (Å²) < 4.78 is 0.206. The molecule has 2 aliphatic heterocycles. The van der Waals surface area contributed by atoms with Gasteiger partial charge in [-0.25, -0.2) is 0 Å². The van der Waals surface area contributed by atoms with Gasteiger partial charge in [0, 0.05) is 42.7 Å². The average molecular weight is 421 g/mol. The Kier molecular flexibility index (Phi) is 5.39. The summed E-state index contributed by atoms with van der Waals surface area (Å²) in [5, 5.41) is 2.91. The molecule has 5 nitrogen and oxygen atoms in total. The van der Waals surface area contributed by atoms with Crippen LogP contribution in [0.5, 0.6) is 0 Å². The Morgan fingerprint density at radius 2 is 1.88 bits per heavy atom. The molecule has 1 saturated heterocycles. The number of amides is 1. The Balaban J connectivity index is 1.87. The molecule has 1 aromatic rings. The first-order valence-electron chi connectivity index (χ1n) is 8.78. The van der Waals surface area contributed by atoms with Crippen LogP contribution in [-0.4, -0.2) is 38.4 Å². The van der Waals surface area contributed by atoms with Crippen molar-refractivity contribution < 1.29 is 4.79 Å². The van der Waals surface area contributed by atoms with Crippen LogP contribution in [0.3, 0.4) is 0 Å². The lowest BCUT2D eigenvalue weighted by molar-refractivity contribution is -0.131. The Morgan fingerprint density at radius 3 is 2.50 bits per heavy atom. The lowest BCUT2D eigenvalue weighted by Crippen LogP contribution is -2.61. The average Bonchev–Trinajstić information content (AvgIpc) is 2.51. The van der Waals surface area contributed by atoms with Gasteiger partial charge in [-0.1, -0.05) is 61.6 Å². The molecule has 1 aromatic heterocycles. The van der Waals surface area contributed by atoms with Gasteiger partial charge in [0.05, 0.1) is 0 Å². The summed E-state index contributed by atoms with van der Waals surface area (Å²) in [5.41, 5.74) is 0.466. The van der Waals surface area contributed by atoms with Crippen LogP contribution in [-0.2, 0) is 11.3 Å². The third kappa shape index (κ3) is 4.06. The maximum atomic E-state index is 12.5. The van der Waals surface area contributed by atoms with Gasteiger partial charge in [-0.2, -0.15) is 0 Å². The molecule has 1 amide bonds. The summed E-state index contributed by atoms with van der Waals surface area (Å²) >= 11 is 18.7. The number of hydrogen-bond acceptors (Lipinski definition) is 3. The molecule has 0 spiro atoms. The fourth-order valence-corrected chi connectivity index (χ4v) is 4.44. The number of hydrogen-bond donors (Lipinski definition) is 1. The molecule has 8 heteroatoms. The van der Waals surface area contributed by atoms with E-state index in [2.05, 4.69) is 5.32 Å². The van der Waals surface area contributed by atoms with Crippen molar-refractivity contribution in [2.45, 2.75) is 49.6 Å². The predicted octanol–water partition coefficient (Wildman–Crippen LogP) is 3.13. The number of alkyl halides is 3. The van der Waals surface area contributed by atoms with Crippen molar-refractivity contribution in [3.05, 3.63) is 34.2 Å². The van der Waals surface area contributed by atoms with E-state index < -0.39 is 15.4 Å². The molecule has 2 bridgehead atoms. The van der Waals surface area contributed by atoms with E-state index in [9.17, 15) is 9.59 Å². The number of carbonyl (C=O) groups is 1. The maximum absolute atomic E-state index is 12.5. The molecule has 3 rings (SSSR count). The van der Waals surface area contributed by atoms with Gasteiger partial charge >= 0.3 is 0 Å². The van der Waals surface area contributed by atoms with Crippen LogP contribution in [0.1, 0.15) is 38.8 Å². The predicted molar refractivity (Wildman–Crippen MR) is 105 cm³/mol. The topological polar surface area (TPSA) is 54.3 Å². The quantitative estimate of drug-likeness (QED) is 0.748. The normalized spacial score (nSPS) is 24.7. The Labute approximate surface area is 168 Å². The molecule has 26 heavy (non-hydrogen) atoms. The number of carbonyl (C=O) groups excluding carboxylic acids is 1. The van der Waals surface area contributed by atoms with Crippen LogP contribution < -0.4 is 10.9 Å². The summed E-state index contributed by atoms with van der Waals surface area (Å²) in [7, 11) is 0. The van der Waals surface area contributed by atoms with Gasteiger partial charge in [0.15, 0.2) is 0 Å². The first-order valence-corrected chi connectivity index (χ1v) is 9.91. The van der Waals surface area contributed by atoms with Gasteiger partial charge in [-0.05, 0) is 18.4 Å². The number of rotatable bonds is 2.